The average molecular weight is 239 g/mol. The van der Waals surface area contributed by atoms with Gasteiger partial charge in [0.2, 0.25) is 11.8 Å². The number of carbonyl (C=O) groups is 2. The molecule has 5 heteroatoms. The summed E-state index contributed by atoms with van der Waals surface area (Å²) in [5, 5.41) is 2.82. The highest BCUT2D eigenvalue weighted by atomic mass is 16.2. The van der Waals surface area contributed by atoms with Crippen molar-refractivity contribution in [3.63, 3.8) is 0 Å². The first-order valence-corrected chi connectivity index (χ1v) is 6.31. The van der Waals surface area contributed by atoms with Crippen molar-refractivity contribution in [3.8, 4) is 0 Å². The van der Waals surface area contributed by atoms with Gasteiger partial charge in [-0.15, -0.1) is 0 Å². The summed E-state index contributed by atoms with van der Waals surface area (Å²) in [4.78, 5) is 27.5. The molecule has 2 rings (SSSR count). The second-order valence-corrected chi connectivity index (χ2v) is 5.30. The van der Waals surface area contributed by atoms with E-state index in [2.05, 4.69) is 10.2 Å². The maximum absolute atomic E-state index is 12.1. The van der Waals surface area contributed by atoms with Crippen LogP contribution in [0.1, 0.15) is 19.3 Å². The van der Waals surface area contributed by atoms with Gasteiger partial charge in [0.25, 0.3) is 0 Å². The second-order valence-electron chi connectivity index (χ2n) is 5.30. The van der Waals surface area contributed by atoms with E-state index in [-0.39, 0.29) is 24.4 Å². The quantitative estimate of drug-likeness (QED) is 0.715. The Bertz CT molecular complexity index is 313. The van der Waals surface area contributed by atoms with Gasteiger partial charge < -0.3 is 15.1 Å². The molecule has 0 aromatic carbocycles. The SMILES string of the molecule is CN(C)CCCN1CC(=O)NC(C2CC2)C1=O. The van der Waals surface area contributed by atoms with Gasteiger partial charge >= 0.3 is 0 Å². The van der Waals surface area contributed by atoms with Crippen LogP contribution in [0.15, 0.2) is 0 Å². The van der Waals surface area contributed by atoms with Crippen molar-refractivity contribution in [2.75, 3.05) is 33.7 Å². The maximum atomic E-state index is 12.1. The first kappa shape index (κ1) is 12.4. The molecule has 1 saturated carbocycles. The molecule has 1 heterocycles. The van der Waals surface area contributed by atoms with Gasteiger partial charge in [0.1, 0.15) is 6.04 Å². The minimum Gasteiger partial charge on any atom is -0.342 e. The van der Waals surface area contributed by atoms with Crippen molar-refractivity contribution in [3.05, 3.63) is 0 Å². The number of piperazine rings is 1. The normalized spacial score (nSPS) is 25.4. The van der Waals surface area contributed by atoms with Crippen molar-refractivity contribution in [2.24, 2.45) is 5.92 Å². The molecule has 1 aliphatic heterocycles. The molecule has 5 nitrogen and oxygen atoms in total. The van der Waals surface area contributed by atoms with Crippen molar-refractivity contribution < 1.29 is 9.59 Å². The van der Waals surface area contributed by atoms with Crippen LogP contribution >= 0.6 is 0 Å². The van der Waals surface area contributed by atoms with E-state index in [1.54, 1.807) is 4.90 Å². The zero-order valence-corrected chi connectivity index (χ0v) is 10.6. The van der Waals surface area contributed by atoms with E-state index in [9.17, 15) is 9.59 Å². The third kappa shape index (κ3) is 3.19. The number of hydrogen-bond donors (Lipinski definition) is 1. The molecule has 2 amide bonds. The molecule has 2 aliphatic rings. The van der Waals surface area contributed by atoms with Crippen LogP contribution in [0.3, 0.4) is 0 Å². The number of hydrogen-bond acceptors (Lipinski definition) is 3. The average Bonchev–Trinajstić information content (AvgIpc) is 3.05. The highest BCUT2D eigenvalue weighted by molar-refractivity contribution is 5.95. The minimum absolute atomic E-state index is 0.00801. The first-order valence-electron chi connectivity index (χ1n) is 6.31. The number of nitrogens with one attached hydrogen (secondary N) is 1. The molecule has 1 unspecified atom stereocenters. The van der Waals surface area contributed by atoms with Gasteiger partial charge in [0.15, 0.2) is 0 Å². The summed E-state index contributed by atoms with van der Waals surface area (Å²) >= 11 is 0. The first-order chi connectivity index (χ1) is 8.08. The molecule has 2 fully saturated rings. The van der Waals surface area contributed by atoms with Crippen LogP contribution in [0.4, 0.5) is 0 Å². The topological polar surface area (TPSA) is 52.6 Å². The van der Waals surface area contributed by atoms with Crippen molar-refractivity contribution in [1.82, 2.24) is 15.1 Å². The van der Waals surface area contributed by atoms with E-state index in [1.807, 2.05) is 14.1 Å². The summed E-state index contributed by atoms with van der Waals surface area (Å²) in [5.74, 6) is 0.500. The largest absolute Gasteiger partial charge is 0.342 e. The summed E-state index contributed by atoms with van der Waals surface area (Å²) in [5.41, 5.74) is 0. The zero-order chi connectivity index (χ0) is 12.4. The Balaban J connectivity index is 1.86. The van der Waals surface area contributed by atoms with E-state index in [4.69, 9.17) is 0 Å². The van der Waals surface area contributed by atoms with Crippen LogP contribution in [-0.2, 0) is 9.59 Å². The fourth-order valence-corrected chi connectivity index (χ4v) is 2.24. The van der Waals surface area contributed by atoms with E-state index in [1.165, 1.54) is 0 Å². The Kier molecular flexibility index (Phi) is 3.66. The lowest BCUT2D eigenvalue weighted by molar-refractivity contribution is -0.144. The van der Waals surface area contributed by atoms with Crippen LogP contribution in [0.25, 0.3) is 0 Å². The van der Waals surface area contributed by atoms with Crippen LogP contribution in [-0.4, -0.2) is 61.4 Å². The monoisotopic (exact) mass is 239 g/mol. The van der Waals surface area contributed by atoms with Gasteiger partial charge in [0, 0.05) is 6.54 Å². The van der Waals surface area contributed by atoms with Crippen LogP contribution in [0.2, 0.25) is 0 Å². The zero-order valence-electron chi connectivity index (χ0n) is 10.6. The van der Waals surface area contributed by atoms with E-state index < -0.39 is 0 Å². The third-order valence-corrected chi connectivity index (χ3v) is 3.36. The standard InChI is InChI=1S/C12H21N3O2/c1-14(2)6-3-7-15-8-10(16)13-11(12(15)17)9-4-5-9/h9,11H,3-8H2,1-2H3,(H,13,16). The lowest BCUT2D eigenvalue weighted by atomic mass is 10.1. The third-order valence-electron chi connectivity index (χ3n) is 3.36. The lowest BCUT2D eigenvalue weighted by Crippen LogP contribution is -2.59. The van der Waals surface area contributed by atoms with Crippen LogP contribution in [0.5, 0.6) is 0 Å². The molecule has 96 valence electrons. The van der Waals surface area contributed by atoms with Gasteiger partial charge in [0.05, 0.1) is 6.54 Å². The highest BCUT2D eigenvalue weighted by Gasteiger charge is 2.42. The van der Waals surface area contributed by atoms with Crippen LogP contribution in [0, 0.1) is 5.92 Å². The van der Waals surface area contributed by atoms with Gasteiger partial charge in [-0.25, -0.2) is 0 Å². The van der Waals surface area contributed by atoms with E-state index in [0.717, 1.165) is 25.8 Å². The number of nitrogens with zero attached hydrogens (tertiary/aromatic N) is 2. The Morgan fingerprint density at radius 3 is 2.65 bits per heavy atom. The molecular formula is C12H21N3O2. The minimum atomic E-state index is -0.240. The molecule has 0 spiro atoms. The Hall–Kier alpha value is -1.10. The smallest absolute Gasteiger partial charge is 0.245 e. The summed E-state index contributed by atoms with van der Waals surface area (Å²) in [6, 6.07) is -0.240. The Morgan fingerprint density at radius 2 is 2.06 bits per heavy atom. The van der Waals surface area contributed by atoms with Crippen molar-refractivity contribution >= 4 is 11.8 Å². The van der Waals surface area contributed by atoms with Crippen molar-refractivity contribution in [1.29, 1.82) is 0 Å². The fraction of sp³-hybridized carbons (Fsp3) is 0.833. The number of rotatable bonds is 5. The summed E-state index contributed by atoms with van der Waals surface area (Å²) in [7, 11) is 4.02. The van der Waals surface area contributed by atoms with E-state index in [0.29, 0.717) is 12.5 Å². The molecule has 1 atom stereocenters. The number of carbonyl (C=O) groups excluding carboxylic acids is 2. The highest BCUT2D eigenvalue weighted by Crippen LogP contribution is 2.34. The molecule has 1 aliphatic carbocycles. The summed E-state index contributed by atoms with van der Waals surface area (Å²) < 4.78 is 0. The summed E-state index contributed by atoms with van der Waals surface area (Å²) in [6.07, 6.45) is 3.06. The fourth-order valence-electron chi connectivity index (χ4n) is 2.24. The lowest BCUT2D eigenvalue weighted by Gasteiger charge is -2.32. The Morgan fingerprint density at radius 1 is 1.35 bits per heavy atom. The molecule has 0 radical (unpaired) electrons. The van der Waals surface area contributed by atoms with Gasteiger partial charge in [-0.2, -0.15) is 0 Å². The molecule has 17 heavy (non-hydrogen) atoms. The van der Waals surface area contributed by atoms with E-state index >= 15 is 0 Å². The van der Waals surface area contributed by atoms with Gasteiger partial charge in [-0.1, -0.05) is 0 Å². The molecule has 0 aromatic heterocycles. The molecule has 0 aromatic rings. The summed E-state index contributed by atoms with van der Waals surface area (Å²) in [6.45, 7) is 1.86. The molecule has 1 N–H and O–H groups in total. The molecule has 0 bridgehead atoms. The molecular weight excluding hydrogens is 218 g/mol. The van der Waals surface area contributed by atoms with Gasteiger partial charge in [-0.05, 0) is 45.8 Å². The van der Waals surface area contributed by atoms with Gasteiger partial charge in [-0.3, -0.25) is 9.59 Å². The maximum Gasteiger partial charge on any atom is 0.245 e. The molecule has 1 saturated heterocycles. The van der Waals surface area contributed by atoms with Crippen molar-refractivity contribution in [2.45, 2.75) is 25.3 Å². The predicted octanol–water partition coefficient (Wildman–Crippen LogP) is -0.325. The predicted molar refractivity (Wildman–Crippen MR) is 64.4 cm³/mol. The number of amides is 2. The van der Waals surface area contributed by atoms with Crippen LogP contribution < -0.4 is 5.32 Å². The Labute approximate surface area is 102 Å². The second kappa shape index (κ2) is 5.04.